The van der Waals surface area contributed by atoms with E-state index in [0.29, 0.717) is 16.4 Å². The van der Waals surface area contributed by atoms with Crippen LogP contribution in [0.3, 0.4) is 0 Å². The number of aromatic amines is 1. The number of nitrogens with one attached hydrogen (secondary N) is 2. The normalized spacial score (nSPS) is 10.8. The standard InChI is InChI=1S/C13H10ClN5O2/c1-7-15-13-17-11(20)6-10(19(13)18-7)16-12(21)8-4-2-3-5-9(8)14/h2-6H,1H3,(H,16,21)(H,15,17,18,20). The molecular weight excluding hydrogens is 294 g/mol. The number of aromatic nitrogens is 4. The van der Waals surface area contributed by atoms with Gasteiger partial charge in [0.1, 0.15) is 11.6 Å². The number of benzene rings is 1. The molecule has 7 nitrogen and oxygen atoms in total. The predicted molar refractivity (Wildman–Crippen MR) is 77.7 cm³/mol. The van der Waals surface area contributed by atoms with Crippen molar-refractivity contribution in [1.29, 1.82) is 0 Å². The van der Waals surface area contributed by atoms with E-state index in [1.807, 2.05) is 0 Å². The smallest absolute Gasteiger partial charge is 0.258 e. The second-order valence-electron chi connectivity index (χ2n) is 4.35. The van der Waals surface area contributed by atoms with Gasteiger partial charge >= 0.3 is 0 Å². The highest BCUT2D eigenvalue weighted by Crippen LogP contribution is 2.16. The molecular formula is C13H10ClN5O2. The van der Waals surface area contributed by atoms with E-state index in [-0.39, 0.29) is 17.2 Å². The number of H-pyrrole nitrogens is 1. The highest BCUT2D eigenvalue weighted by molar-refractivity contribution is 6.34. The molecule has 0 aliphatic heterocycles. The Morgan fingerprint density at radius 2 is 2.14 bits per heavy atom. The Bertz CT molecular complexity index is 899. The fourth-order valence-corrected chi connectivity index (χ4v) is 2.14. The van der Waals surface area contributed by atoms with E-state index in [0.717, 1.165) is 0 Å². The summed E-state index contributed by atoms with van der Waals surface area (Å²) in [6.45, 7) is 1.69. The first kappa shape index (κ1) is 13.3. The molecule has 0 fully saturated rings. The molecule has 21 heavy (non-hydrogen) atoms. The van der Waals surface area contributed by atoms with Crippen LogP contribution in [0.25, 0.3) is 5.78 Å². The first-order valence-corrected chi connectivity index (χ1v) is 6.45. The molecule has 2 aromatic heterocycles. The van der Waals surface area contributed by atoms with Crippen LogP contribution in [0, 0.1) is 6.92 Å². The van der Waals surface area contributed by atoms with E-state index in [4.69, 9.17) is 11.6 Å². The van der Waals surface area contributed by atoms with Gasteiger partial charge in [-0.1, -0.05) is 23.7 Å². The van der Waals surface area contributed by atoms with Gasteiger partial charge in [0.2, 0.25) is 5.78 Å². The topological polar surface area (TPSA) is 92.1 Å². The summed E-state index contributed by atoms with van der Waals surface area (Å²) >= 11 is 5.98. The van der Waals surface area contributed by atoms with Crippen LogP contribution in [-0.4, -0.2) is 25.5 Å². The van der Waals surface area contributed by atoms with Crippen molar-refractivity contribution in [3.63, 3.8) is 0 Å². The van der Waals surface area contributed by atoms with Gasteiger partial charge in [0.25, 0.3) is 11.5 Å². The van der Waals surface area contributed by atoms with Gasteiger partial charge < -0.3 is 5.32 Å². The third kappa shape index (κ3) is 2.50. The minimum Gasteiger partial charge on any atom is -0.306 e. The van der Waals surface area contributed by atoms with E-state index < -0.39 is 5.91 Å². The quantitative estimate of drug-likeness (QED) is 0.752. The zero-order valence-corrected chi connectivity index (χ0v) is 11.7. The third-order valence-corrected chi connectivity index (χ3v) is 3.13. The van der Waals surface area contributed by atoms with Gasteiger partial charge in [-0.3, -0.25) is 14.6 Å². The second-order valence-corrected chi connectivity index (χ2v) is 4.75. The first-order valence-electron chi connectivity index (χ1n) is 6.07. The molecule has 0 unspecified atom stereocenters. The Labute approximate surface area is 123 Å². The van der Waals surface area contributed by atoms with Crippen LogP contribution >= 0.6 is 11.6 Å². The van der Waals surface area contributed by atoms with Gasteiger partial charge in [-0.15, -0.1) is 5.10 Å². The van der Waals surface area contributed by atoms with Crippen molar-refractivity contribution in [1.82, 2.24) is 19.6 Å². The predicted octanol–water partition coefficient (Wildman–Crippen LogP) is 1.63. The summed E-state index contributed by atoms with van der Waals surface area (Å²) in [7, 11) is 0. The molecule has 1 aromatic carbocycles. The first-order chi connectivity index (χ1) is 10.0. The van der Waals surface area contributed by atoms with Gasteiger partial charge in [0.15, 0.2) is 0 Å². The van der Waals surface area contributed by atoms with Gasteiger partial charge in [0, 0.05) is 6.07 Å². The Morgan fingerprint density at radius 3 is 2.90 bits per heavy atom. The highest BCUT2D eigenvalue weighted by Gasteiger charge is 2.13. The Morgan fingerprint density at radius 1 is 1.38 bits per heavy atom. The second kappa shape index (κ2) is 5.02. The monoisotopic (exact) mass is 303 g/mol. The maximum absolute atomic E-state index is 12.2. The average Bonchev–Trinajstić information content (AvgIpc) is 2.79. The van der Waals surface area contributed by atoms with Crippen molar-refractivity contribution >= 4 is 29.1 Å². The Hall–Kier alpha value is -2.67. The van der Waals surface area contributed by atoms with Gasteiger partial charge in [-0.05, 0) is 19.1 Å². The number of carbonyl (C=O) groups is 1. The number of carbonyl (C=O) groups excluding carboxylic acids is 1. The summed E-state index contributed by atoms with van der Waals surface area (Å²) < 4.78 is 1.35. The Balaban J connectivity index is 2.04. The van der Waals surface area contributed by atoms with Crippen LogP contribution in [-0.2, 0) is 0 Å². The number of fused-ring (bicyclic) bond motifs is 1. The van der Waals surface area contributed by atoms with Crippen molar-refractivity contribution < 1.29 is 4.79 Å². The molecule has 0 spiro atoms. The molecule has 0 radical (unpaired) electrons. The minimum atomic E-state index is -0.430. The molecule has 0 atom stereocenters. The maximum atomic E-state index is 12.2. The van der Waals surface area contributed by atoms with Crippen LogP contribution in [0.5, 0.6) is 0 Å². The van der Waals surface area contributed by atoms with Crippen LogP contribution < -0.4 is 10.9 Å². The lowest BCUT2D eigenvalue weighted by Gasteiger charge is -2.07. The Kier molecular flexibility index (Phi) is 3.19. The molecule has 8 heteroatoms. The number of rotatable bonds is 2. The van der Waals surface area contributed by atoms with Crippen molar-refractivity contribution in [3.05, 3.63) is 57.1 Å². The fourth-order valence-electron chi connectivity index (χ4n) is 1.91. The van der Waals surface area contributed by atoms with E-state index in [1.165, 1.54) is 10.6 Å². The summed E-state index contributed by atoms with van der Waals surface area (Å²) in [4.78, 5) is 30.4. The molecule has 0 bridgehead atoms. The molecule has 0 saturated heterocycles. The largest absolute Gasteiger partial charge is 0.306 e. The van der Waals surface area contributed by atoms with Gasteiger partial charge in [-0.2, -0.15) is 9.50 Å². The minimum absolute atomic E-state index is 0.222. The number of amides is 1. The lowest BCUT2D eigenvalue weighted by Crippen LogP contribution is -2.19. The average molecular weight is 304 g/mol. The molecule has 2 N–H and O–H groups in total. The summed E-state index contributed by atoms with van der Waals surface area (Å²) in [6.07, 6.45) is 0. The highest BCUT2D eigenvalue weighted by atomic mass is 35.5. The van der Waals surface area contributed by atoms with E-state index in [2.05, 4.69) is 20.4 Å². The van der Waals surface area contributed by atoms with Crippen LogP contribution in [0.15, 0.2) is 35.1 Å². The summed E-state index contributed by atoms with van der Waals surface area (Å²) in [5, 5.41) is 7.05. The lowest BCUT2D eigenvalue weighted by atomic mass is 10.2. The molecule has 2 heterocycles. The molecule has 3 rings (SSSR count). The van der Waals surface area contributed by atoms with Gasteiger partial charge in [0.05, 0.1) is 10.6 Å². The van der Waals surface area contributed by atoms with Gasteiger partial charge in [-0.25, -0.2) is 0 Å². The fraction of sp³-hybridized carbons (Fsp3) is 0.0769. The molecule has 3 aromatic rings. The summed E-state index contributed by atoms with van der Waals surface area (Å²) in [5.74, 6) is 0.527. The van der Waals surface area contributed by atoms with E-state index >= 15 is 0 Å². The number of halogens is 1. The van der Waals surface area contributed by atoms with E-state index in [9.17, 15) is 9.59 Å². The number of anilines is 1. The van der Waals surface area contributed by atoms with Crippen LogP contribution in [0.4, 0.5) is 5.82 Å². The number of aryl methyl sites for hydroxylation is 1. The number of hydrogen-bond acceptors (Lipinski definition) is 4. The number of nitrogens with zero attached hydrogens (tertiary/aromatic N) is 3. The SMILES string of the molecule is Cc1nc2[nH]c(=O)cc(NC(=O)c3ccccc3Cl)n2n1. The van der Waals surface area contributed by atoms with Crippen molar-refractivity contribution in [3.8, 4) is 0 Å². The van der Waals surface area contributed by atoms with Crippen molar-refractivity contribution in [2.75, 3.05) is 5.32 Å². The lowest BCUT2D eigenvalue weighted by molar-refractivity contribution is 0.102. The van der Waals surface area contributed by atoms with Crippen molar-refractivity contribution in [2.24, 2.45) is 0 Å². The van der Waals surface area contributed by atoms with Crippen LogP contribution in [0.1, 0.15) is 16.2 Å². The molecule has 1 amide bonds. The third-order valence-electron chi connectivity index (χ3n) is 2.80. The number of hydrogen-bond donors (Lipinski definition) is 2. The summed E-state index contributed by atoms with van der Waals surface area (Å²) in [5.41, 5.74) is -0.0752. The zero-order chi connectivity index (χ0) is 15.0. The molecule has 0 aliphatic rings. The van der Waals surface area contributed by atoms with Crippen LogP contribution in [0.2, 0.25) is 5.02 Å². The molecule has 0 aliphatic carbocycles. The summed E-state index contributed by atoms with van der Waals surface area (Å²) in [6, 6.07) is 7.87. The zero-order valence-electron chi connectivity index (χ0n) is 10.9. The molecule has 106 valence electrons. The maximum Gasteiger partial charge on any atom is 0.258 e. The molecule has 0 saturated carbocycles. The van der Waals surface area contributed by atoms with Crippen molar-refractivity contribution in [2.45, 2.75) is 6.92 Å². The van der Waals surface area contributed by atoms with E-state index in [1.54, 1.807) is 31.2 Å².